The van der Waals surface area contributed by atoms with Crippen molar-refractivity contribution in [3.8, 4) is 11.1 Å². The van der Waals surface area contributed by atoms with Gasteiger partial charge in [-0.25, -0.2) is 18.7 Å². The number of anilines is 2. The fourth-order valence-corrected chi connectivity index (χ4v) is 6.15. The van der Waals surface area contributed by atoms with Gasteiger partial charge in [-0.15, -0.1) is 0 Å². The first-order valence-electron chi connectivity index (χ1n) is 15.6. The van der Waals surface area contributed by atoms with Crippen molar-refractivity contribution in [1.29, 1.82) is 0 Å². The summed E-state index contributed by atoms with van der Waals surface area (Å²) in [6.07, 6.45) is 0.802. The number of benzene rings is 3. The maximum atomic E-state index is 16.3. The molecule has 48 heavy (non-hydrogen) atoms. The summed E-state index contributed by atoms with van der Waals surface area (Å²) < 4.78 is 61.6. The zero-order valence-electron chi connectivity index (χ0n) is 26.6. The standard InChI is InChI=1S/C35H35F4N7O2/c1-22(2)32(47)24-6-12-28(13-7-24)45-18-16-44(17-19-45)27-10-4-23(5-11-27)25-8-15-31(40-21-25)35(38,39)34(3,46-33(48)41-42-43-46)29-14-9-26(36)20-30(29)37/h4-15,20-22,32,47H,16-19H2,1-3H3,(H,41,43,48)/t32?,34-/m1/s1. The third-order valence-corrected chi connectivity index (χ3v) is 9.12. The van der Waals surface area contributed by atoms with Gasteiger partial charge < -0.3 is 14.9 Å². The summed E-state index contributed by atoms with van der Waals surface area (Å²) in [7, 11) is 0. The quantitative estimate of drug-likeness (QED) is 0.190. The Balaban J connectivity index is 1.17. The lowest BCUT2D eigenvalue weighted by molar-refractivity contribution is -0.104. The summed E-state index contributed by atoms with van der Waals surface area (Å²) in [5.74, 6) is -6.08. The first-order chi connectivity index (χ1) is 22.9. The molecule has 250 valence electrons. The maximum absolute atomic E-state index is 16.3. The SMILES string of the molecule is CC(C)C(O)c1ccc(N2CCN(c3ccc(-c4ccc(C(F)(F)[C@@](C)(c5ccc(F)cc5F)n5nn[nH]c5=O)nc4)cc3)CC2)cc1. The average Bonchev–Trinajstić information content (AvgIpc) is 3.54. The first-order valence-corrected chi connectivity index (χ1v) is 15.6. The number of H-pyrrole nitrogens is 1. The molecule has 2 aromatic heterocycles. The molecule has 0 bridgehead atoms. The number of nitrogens with one attached hydrogen (secondary N) is 1. The van der Waals surface area contributed by atoms with Crippen LogP contribution in [0.2, 0.25) is 0 Å². The molecule has 1 fully saturated rings. The van der Waals surface area contributed by atoms with Crippen molar-refractivity contribution in [2.24, 2.45) is 5.92 Å². The molecule has 13 heteroatoms. The van der Waals surface area contributed by atoms with E-state index in [-0.39, 0.29) is 5.92 Å². The molecular weight excluding hydrogens is 626 g/mol. The predicted octanol–water partition coefficient (Wildman–Crippen LogP) is 5.88. The number of nitrogens with zero attached hydrogens (tertiary/aromatic N) is 6. The lowest BCUT2D eigenvalue weighted by Crippen LogP contribution is -2.52. The van der Waals surface area contributed by atoms with E-state index in [0.29, 0.717) is 16.3 Å². The van der Waals surface area contributed by atoms with Crippen LogP contribution >= 0.6 is 0 Å². The third-order valence-electron chi connectivity index (χ3n) is 9.12. The Hall–Kier alpha value is -5.04. The van der Waals surface area contributed by atoms with Crippen molar-refractivity contribution in [2.75, 3.05) is 36.0 Å². The number of aliphatic hydroxyl groups excluding tert-OH is 1. The monoisotopic (exact) mass is 661 g/mol. The van der Waals surface area contributed by atoms with Gasteiger partial charge in [-0.1, -0.05) is 50.2 Å². The molecule has 0 amide bonds. The molecule has 2 atom stereocenters. The fourth-order valence-electron chi connectivity index (χ4n) is 6.15. The number of rotatable bonds is 9. The van der Waals surface area contributed by atoms with Gasteiger partial charge >= 0.3 is 11.6 Å². The van der Waals surface area contributed by atoms with Crippen molar-refractivity contribution in [2.45, 2.75) is 38.3 Å². The molecule has 1 unspecified atom stereocenters. The molecule has 6 rings (SSSR count). The van der Waals surface area contributed by atoms with Crippen LogP contribution in [0.1, 0.15) is 43.7 Å². The molecular formula is C35H35F4N7O2. The lowest BCUT2D eigenvalue weighted by Gasteiger charge is -2.37. The van der Waals surface area contributed by atoms with E-state index >= 15 is 8.78 Å². The van der Waals surface area contributed by atoms with Crippen molar-refractivity contribution < 1.29 is 22.7 Å². The van der Waals surface area contributed by atoms with E-state index in [2.05, 4.69) is 37.3 Å². The van der Waals surface area contributed by atoms with Gasteiger partial charge in [0.05, 0.1) is 6.10 Å². The number of aromatic amines is 1. The summed E-state index contributed by atoms with van der Waals surface area (Å²) in [5.41, 5.74) is -0.867. The van der Waals surface area contributed by atoms with E-state index in [1.54, 1.807) is 0 Å². The molecule has 9 nitrogen and oxygen atoms in total. The largest absolute Gasteiger partial charge is 0.388 e. The van der Waals surface area contributed by atoms with E-state index in [0.717, 1.165) is 73.8 Å². The fraction of sp³-hybridized carbons (Fsp3) is 0.314. The average molecular weight is 662 g/mol. The van der Waals surface area contributed by atoms with E-state index in [1.807, 2.05) is 55.3 Å². The predicted molar refractivity (Wildman–Crippen MR) is 174 cm³/mol. The molecule has 1 aliphatic heterocycles. The minimum atomic E-state index is -3.99. The zero-order valence-corrected chi connectivity index (χ0v) is 26.6. The summed E-state index contributed by atoms with van der Waals surface area (Å²) in [4.78, 5) is 21.0. The molecule has 0 saturated carbocycles. The summed E-state index contributed by atoms with van der Waals surface area (Å²) >= 11 is 0. The molecule has 0 spiro atoms. The van der Waals surface area contributed by atoms with Gasteiger partial charge in [-0.05, 0) is 70.8 Å². The van der Waals surface area contributed by atoms with Crippen molar-refractivity contribution >= 4 is 11.4 Å². The van der Waals surface area contributed by atoms with Gasteiger partial charge in [-0.3, -0.25) is 4.98 Å². The van der Waals surface area contributed by atoms with Crippen LogP contribution < -0.4 is 15.5 Å². The molecule has 3 heterocycles. The minimum Gasteiger partial charge on any atom is -0.388 e. The summed E-state index contributed by atoms with van der Waals surface area (Å²) in [6.45, 7) is 8.18. The van der Waals surface area contributed by atoms with Gasteiger partial charge in [0, 0.05) is 60.9 Å². The molecule has 3 aromatic carbocycles. The Labute approximate surface area is 274 Å². The molecule has 2 N–H and O–H groups in total. The zero-order chi connectivity index (χ0) is 34.2. The number of hydrogen-bond donors (Lipinski definition) is 2. The van der Waals surface area contributed by atoms with Crippen LogP contribution in [0.15, 0.2) is 89.9 Å². The van der Waals surface area contributed by atoms with Crippen LogP contribution in [-0.2, 0) is 11.5 Å². The Morgan fingerprint density at radius 2 is 1.42 bits per heavy atom. The number of aliphatic hydroxyl groups is 1. The number of pyridine rings is 1. The van der Waals surface area contributed by atoms with Gasteiger partial charge in [-0.2, -0.15) is 13.5 Å². The Morgan fingerprint density at radius 1 is 0.833 bits per heavy atom. The Kier molecular flexibility index (Phi) is 8.82. The van der Waals surface area contributed by atoms with Gasteiger partial charge in [0.2, 0.25) is 0 Å². The highest BCUT2D eigenvalue weighted by Gasteiger charge is 2.58. The van der Waals surface area contributed by atoms with Gasteiger partial charge in [0.15, 0.2) is 5.54 Å². The highest BCUT2D eigenvalue weighted by Crippen LogP contribution is 2.47. The Bertz CT molecular complexity index is 1920. The van der Waals surface area contributed by atoms with E-state index < -0.39 is 46.1 Å². The van der Waals surface area contributed by atoms with Gasteiger partial charge in [0.1, 0.15) is 17.3 Å². The lowest BCUT2D eigenvalue weighted by atomic mass is 9.83. The maximum Gasteiger partial charge on any atom is 0.362 e. The normalized spacial score (nSPS) is 15.9. The second-order valence-corrected chi connectivity index (χ2v) is 12.4. The van der Waals surface area contributed by atoms with E-state index in [9.17, 15) is 18.7 Å². The number of alkyl halides is 2. The van der Waals surface area contributed by atoms with Crippen LogP contribution in [0.3, 0.4) is 0 Å². The number of aromatic nitrogens is 5. The highest BCUT2D eigenvalue weighted by molar-refractivity contribution is 5.66. The smallest absolute Gasteiger partial charge is 0.362 e. The first kappa shape index (κ1) is 32.9. The second-order valence-electron chi connectivity index (χ2n) is 12.4. The van der Waals surface area contributed by atoms with Crippen molar-refractivity contribution in [3.05, 3.63) is 124 Å². The van der Waals surface area contributed by atoms with Crippen LogP contribution in [0.25, 0.3) is 11.1 Å². The Morgan fingerprint density at radius 3 is 1.92 bits per heavy atom. The van der Waals surface area contributed by atoms with Crippen LogP contribution in [0, 0.1) is 17.6 Å². The molecule has 1 saturated heterocycles. The number of piperazine rings is 1. The molecule has 1 aliphatic rings. The summed E-state index contributed by atoms with van der Waals surface area (Å²) in [6, 6.07) is 20.5. The number of tetrazole rings is 1. The molecule has 0 radical (unpaired) electrons. The topological polar surface area (TPSA) is 103 Å². The number of hydrogen-bond acceptors (Lipinski definition) is 7. The second kappa shape index (κ2) is 12.9. The molecule has 0 aliphatic carbocycles. The summed E-state index contributed by atoms with van der Waals surface area (Å²) in [5, 5.41) is 19.1. The minimum absolute atomic E-state index is 0.146. The third kappa shape index (κ3) is 5.94. The van der Waals surface area contributed by atoms with E-state index in [4.69, 9.17) is 0 Å². The van der Waals surface area contributed by atoms with Crippen LogP contribution in [0.5, 0.6) is 0 Å². The van der Waals surface area contributed by atoms with Crippen LogP contribution in [-0.4, -0.2) is 56.5 Å². The van der Waals surface area contributed by atoms with Crippen molar-refractivity contribution in [3.63, 3.8) is 0 Å². The van der Waals surface area contributed by atoms with Crippen LogP contribution in [0.4, 0.5) is 28.9 Å². The number of halogens is 4. The highest BCUT2D eigenvalue weighted by atomic mass is 19.3. The molecule has 5 aromatic rings. The van der Waals surface area contributed by atoms with Gasteiger partial charge in [0.25, 0.3) is 0 Å². The van der Waals surface area contributed by atoms with E-state index in [1.165, 1.54) is 12.3 Å². The van der Waals surface area contributed by atoms with Crippen molar-refractivity contribution in [1.82, 2.24) is 25.2 Å².